The van der Waals surface area contributed by atoms with Crippen molar-refractivity contribution in [2.75, 3.05) is 0 Å². The van der Waals surface area contributed by atoms with Gasteiger partial charge in [-0.1, -0.05) is 103 Å². The normalized spacial score (nSPS) is 11.5. The molecular formula is C42H29FN4O2. The molecule has 0 radical (unpaired) electrons. The minimum Gasteiger partial charge on any atom is -0.478 e. The third-order valence-electron chi connectivity index (χ3n) is 8.99. The van der Waals surface area contributed by atoms with E-state index < -0.39 is 11.5 Å². The van der Waals surface area contributed by atoms with Gasteiger partial charge in [0, 0.05) is 34.6 Å². The van der Waals surface area contributed by atoms with Crippen molar-refractivity contribution in [1.29, 1.82) is 0 Å². The Balaban J connectivity index is 1.40. The number of aromatic carboxylic acids is 1. The number of fused-ring (bicyclic) bond motifs is 1. The van der Waals surface area contributed by atoms with E-state index in [1.165, 1.54) is 12.1 Å². The van der Waals surface area contributed by atoms with E-state index in [-0.39, 0.29) is 11.4 Å². The molecule has 0 aliphatic rings. The predicted molar refractivity (Wildman–Crippen MR) is 189 cm³/mol. The van der Waals surface area contributed by atoms with Gasteiger partial charge in [-0.3, -0.25) is 9.08 Å². The van der Waals surface area contributed by atoms with Crippen molar-refractivity contribution < 1.29 is 14.3 Å². The monoisotopic (exact) mass is 640 g/mol. The number of imidazole rings is 1. The number of carbonyl (C=O) groups is 1. The second-order valence-corrected chi connectivity index (χ2v) is 11.8. The van der Waals surface area contributed by atoms with Crippen LogP contribution in [0.2, 0.25) is 0 Å². The average molecular weight is 641 g/mol. The minimum atomic E-state index is -0.977. The number of hydrogen-bond donors (Lipinski definition) is 1. The molecule has 8 rings (SSSR count). The van der Waals surface area contributed by atoms with E-state index in [0.717, 1.165) is 50.3 Å². The first-order valence-corrected chi connectivity index (χ1v) is 15.9. The quantitative estimate of drug-likeness (QED) is 0.168. The van der Waals surface area contributed by atoms with E-state index in [4.69, 9.17) is 5.10 Å². The highest BCUT2D eigenvalue weighted by molar-refractivity contribution is 5.88. The van der Waals surface area contributed by atoms with E-state index in [9.17, 15) is 14.3 Å². The molecule has 5 aromatic carbocycles. The van der Waals surface area contributed by atoms with Crippen LogP contribution in [0.25, 0.3) is 39.3 Å². The summed E-state index contributed by atoms with van der Waals surface area (Å²) < 4.78 is 18.3. The van der Waals surface area contributed by atoms with Crippen LogP contribution in [0.15, 0.2) is 170 Å². The highest BCUT2D eigenvalue weighted by Crippen LogP contribution is 2.43. The number of aromatic nitrogens is 4. The van der Waals surface area contributed by atoms with Crippen molar-refractivity contribution in [3.05, 3.63) is 198 Å². The molecule has 0 aliphatic heterocycles. The third-order valence-corrected chi connectivity index (χ3v) is 8.99. The molecule has 0 saturated heterocycles. The lowest BCUT2D eigenvalue weighted by Gasteiger charge is -2.36. The SMILES string of the molecule is O=C(O)c1ccc(-c2cnc3ccc(-c4cn(C(c5ccccc5)(c5ccccc5)c5ccccc5)nc4-c4ccc(F)cc4)cn23)cc1. The Morgan fingerprint density at radius 2 is 1.14 bits per heavy atom. The summed E-state index contributed by atoms with van der Waals surface area (Å²) in [6, 6.07) is 48.2. The number of carboxylic acid groups (broad SMARTS) is 1. The molecule has 7 heteroatoms. The first-order chi connectivity index (χ1) is 24.0. The summed E-state index contributed by atoms with van der Waals surface area (Å²) in [5.74, 6) is -1.30. The van der Waals surface area contributed by atoms with Crippen LogP contribution in [-0.2, 0) is 5.54 Å². The average Bonchev–Trinajstić information content (AvgIpc) is 3.79. The van der Waals surface area contributed by atoms with Crippen LogP contribution in [0.3, 0.4) is 0 Å². The van der Waals surface area contributed by atoms with Gasteiger partial charge in [-0.05, 0) is 65.2 Å². The standard InChI is InChI=1S/C42H29FN4O2/c43-36-23-20-30(21-24-36)40-37(32-22-25-39-44-26-38(46(39)27-32)29-16-18-31(19-17-29)41(48)49)28-47(45-40)42(33-10-4-1-5-11-33,34-12-6-2-7-13-34)35-14-8-3-9-15-35/h1-28H,(H,48,49). The summed E-state index contributed by atoms with van der Waals surface area (Å²) in [5, 5.41) is 14.8. The second kappa shape index (κ2) is 12.2. The van der Waals surface area contributed by atoms with E-state index in [1.54, 1.807) is 42.6 Å². The molecule has 3 heterocycles. The molecule has 0 aliphatic carbocycles. The van der Waals surface area contributed by atoms with Crippen molar-refractivity contribution in [1.82, 2.24) is 19.2 Å². The zero-order valence-electron chi connectivity index (χ0n) is 26.2. The Labute approximate surface area is 282 Å². The maximum absolute atomic E-state index is 14.2. The lowest BCUT2D eigenvalue weighted by molar-refractivity contribution is 0.0697. The van der Waals surface area contributed by atoms with Gasteiger partial charge < -0.3 is 5.11 Å². The first kappa shape index (κ1) is 29.8. The van der Waals surface area contributed by atoms with Gasteiger partial charge in [-0.2, -0.15) is 5.10 Å². The summed E-state index contributed by atoms with van der Waals surface area (Å²) in [4.78, 5) is 16.1. The maximum atomic E-state index is 14.2. The second-order valence-electron chi connectivity index (χ2n) is 11.8. The van der Waals surface area contributed by atoms with Crippen LogP contribution < -0.4 is 0 Å². The van der Waals surface area contributed by atoms with Gasteiger partial charge in [0.1, 0.15) is 22.7 Å². The molecule has 49 heavy (non-hydrogen) atoms. The van der Waals surface area contributed by atoms with E-state index in [2.05, 4.69) is 47.6 Å². The summed E-state index contributed by atoms with van der Waals surface area (Å²) in [5.41, 5.74) is 8.04. The Kier molecular flexibility index (Phi) is 7.42. The van der Waals surface area contributed by atoms with E-state index >= 15 is 0 Å². The summed E-state index contributed by atoms with van der Waals surface area (Å²) in [6.45, 7) is 0. The predicted octanol–water partition coefficient (Wildman–Crippen LogP) is 9.21. The molecule has 0 fully saturated rings. The number of carboxylic acids is 1. The molecule has 0 atom stereocenters. The topological polar surface area (TPSA) is 72.4 Å². The van der Waals surface area contributed by atoms with Crippen molar-refractivity contribution in [3.63, 3.8) is 0 Å². The van der Waals surface area contributed by atoms with Gasteiger partial charge in [0.25, 0.3) is 0 Å². The summed E-state index contributed by atoms with van der Waals surface area (Å²) >= 11 is 0. The number of rotatable bonds is 8. The van der Waals surface area contributed by atoms with Crippen LogP contribution >= 0.6 is 0 Å². The zero-order chi connectivity index (χ0) is 33.4. The molecule has 0 bridgehead atoms. The molecule has 0 amide bonds. The Morgan fingerprint density at radius 3 is 1.69 bits per heavy atom. The fourth-order valence-corrected chi connectivity index (χ4v) is 6.65. The highest BCUT2D eigenvalue weighted by Gasteiger charge is 2.40. The number of pyridine rings is 1. The van der Waals surface area contributed by atoms with Crippen molar-refractivity contribution in [2.45, 2.75) is 5.54 Å². The molecular weight excluding hydrogens is 611 g/mol. The molecule has 236 valence electrons. The van der Waals surface area contributed by atoms with Crippen molar-refractivity contribution >= 4 is 11.6 Å². The third kappa shape index (κ3) is 5.18. The lowest BCUT2D eigenvalue weighted by Crippen LogP contribution is -2.38. The smallest absolute Gasteiger partial charge is 0.335 e. The highest BCUT2D eigenvalue weighted by atomic mass is 19.1. The Bertz CT molecular complexity index is 2310. The molecule has 3 aromatic heterocycles. The van der Waals surface area contributed by atoms with Gasteiger partial charge in [0.05, 0.1) is 17.5 Å². The fraction of sp³-hybridized carbons (Fsp3) is 0.0238. The first-order valence-electron chi connectivity index (χ1n) is 15.9. The minimum absolute atomic E-state index is 0.216. The molecule has 0 spiro atoms. The van der Waals surface area contributed by atoms with Crippen LogP contribution in [0.1, 0.15) is 27.0 Å². The largest absolute Gasteiger partial charge is 0.478 e. The van der Waals surface area contributed by atoms with Crippen LogP contribution in [0.5, 0.6) is 0 Å². The van der Waals surface area contributed by atoms with Crippen molar-refractivity contribution in [3.8, 4) is 33.6 Å². The number of halogens is 1. The van der Waals surface area contributed by atoms with Gasteiger partial charge in [-0.15, -0.1) is 0 Å². The van der Waals surface area contributed by atoms with Crippen molar-refractivity contribution in [2.24, 2.45) is 0 Å². The molecule has 0 unspecified atom stereocenters. The molecule has 6 nitrogen and oxygen atoms in total. The maximum Gasteiger partial charge on any atom is 0.335 e. The van der Waals surface area contributed by atoms with Gasteiger partial charge in [-0.25, -0.2) is 14.2 Å². The summed E-state index contributed by atoms with van der Waals surface area (Å²) in [7, 11) is 0. The van der Waals surface area contributed by atoms with Crippen LogP contribution in [0.4, 0.5) is 4.39 Å². The Morgan fingerprint density at radius 1 is 0.612 bits per heavy atom. The number of benzene rings is 5. The van der Waals surface area contributed by atoms with Gasteiger partial charge >= 0.3 is 5.97 Å². The van der Waals surface area contributed by atoms with Gasteiger partial charge in [0.2, 0.25) is 0 Å². The molecule has 8 aromatic rings. The van der Waals surface area contributed by atoms with Crippen LogP contribution in [0, 0.1) is 5.82 Å². The number of nitrogens with zero attached hydrogens (tertiary/aromatic N) is 4. The fourth-order valence-electron chi connectivity index (χ4n) is 6.65. The Hall–Kier alpha value is -6.60. The number of hydrogen-bond acceptors (Lipinski definition) is 3. The zero-order valence-corrected chi connectivity index (χ0v) is 26.2. The van der Waals surface area contributed by atoms with E-state index in [1.807, 2.05) is 82.0 Å². The molecule has 1 N–H and O–H groups in total. The van der Waals surface area contributed by atoms with Crippen LogP contribution in [-0.4, -0.2) is 30.2 Å². The van der Waals surface area contributed by atoms with Gasteiger partial charge in [0.15, 0.2) is 0 Å². The lowest BCUT2D eigenvalue weighted by atomic mass is 9.77. The molecule has 0 saturated carbocycles. The van der Waals surface area contributed by atoms with E-state index in [0.29, 0.717) is 5.69 Å². The summed E-state index contributed by atoms with van der Waals surface area (Å²) in [6.07, 6.45) is 5.88.